The van der Waals surface area contributed by atoms with E-state index in [9.17, 15) is 13.6 Å². The summed E-state index contributed by atoms with van der Waals surface area (Å²) in [5.74, 6) is -1.82. The Morgan fingerprint density at radius 2 is 2.16 bits per heavy atom. The first-order valence-corrected chi connectivity index (χ1v) is 8.22. The second-order valence-electron chi connectivity index (χ2n) is 6.30. The molecule has 0 bridgehead atoms. The quantitative estimate of drug-likeness (QED) is 0.869. The summed E-state index contributed by atoms with van der Waals surface area (Å²) in [5, 5.41) is 10.0. The van der Waals surface area contributed by atoms with E-state index in [2.05, 4.69) is 15.7 Å². The lowest BCUT2D eigenvalue weighted by atomic mass is 10.1. The molecule has 0 unspecified atom stereocenters. The van der Waals surface area contributed by atoms with Crippen LogP contribution in [0, 0.1) is 11.6 Å². The Morgan fingerprint density at radius 3 is 2.88 bits per heavy atom. The molecule has 1 aromatic carbocycles. The third-order valence-electron chi connectivity index (χ3n) is 4.15. The largest absolute Gasteiger partial charge is 0.381 e. The van der Waals surface area contributed by atoms with Crippen LogP contribution in [-0.2, 0) is 11.8 Å². The standard InChI is InChI=1S/C17H21F2N5O/c1-23-9-14(8-20-23)22-17(25)11-24-6-2-3-13(10-24)21-12-4-5-15(18)16(19)7-12/h4-5,7-9,13,21H,2-3,6,10-11H2,1H3,(H,22,25)/t13-/m0/s1. The van der Waals surface area contributed by atoms with Crippen LogP contribution in [0.3, 0.4) is 0 Å². The number of anilines is 2. The van der Waals surface area contributed by atoms with E-state index in [1.165, 1.54) is 6.07 Å². The molecule has 0 aliphatic carbocycles. The summed E-state index contributed by atoms with van der Waals surface area (Å²) in [7, 11) is 1.79. The van der Waals surface area contributed by atoms with Gasteiger partial charge in [0.2, 0.25) is 5.91 Å². The van der Waals surface area contributed by atoms with Crippen molar-refractivity contribution in [2.24, 2.45) is 7.05 Å². The van der Waals surface area contributed by atoms with Crippen molar-refractivity contribution in [1.29, 1.82) is 0 Å². The van der Waals surface area contributed by atoms with Crippen molar-refractivity contribution < 1.29 is 13.6 Å². The van der Waals surface area contributed by atoms with E-state index in [1.807, 2.05) is 4.90 Å². The number of likely N-dealkylation sites (tertiary alicyclic amines) is 1. The molecule has 0 radical (unpaired) electrons. The van der Waals surface area contributed by atoms with Gasteiger partial charge in [0.25, 0.3) is 0 Å². The molecule has 1 aliphatic heterocycles. The lowest BCUT2D eigenvalue weighted by Gasteiger charge is -2.33. The number of hydrogen-bond donors (Lipinski definition) is 2. The minimum absolute atomic E-state index is 0.0878. The molecule has 8 heteroatoms. The summed E-state index contributed by atoms with van der Waals surface area (Å²) < 4.78 is 27.9. The van der Waals surface area contributed by atoms with Crippen LogP contribution < -0.4 is 10.6 Å². The van der Waals surface area contributed by atoms with Crippen LogP contribution >= 0.6 is 0 Å². The van der Waals surface area contributed by atoms with Gasteiger partial charge in [0.15, 0.2) is 11.6 Å². The molecule has 1 saturated heterocycles. The Morgan fingerprint density at radius 1 is 1.32 bits per heavy atom. The second kappa shape index (κ2) is 7.60. The Kier molecular flexibility index (Phi) is 5.28. The lowest BCUT2D eigenvalue weighted by molar-refractivity contribution is -0.117. The van der Waals surface area contributed by atoms with E-state index in [4.69, 9.17) is 0 Å². The normalized spacial score (nSPS) is 18.1. The van der Waals surface area contributed by atoms with Gasteiger partial charge in [-0.2, -0.15) is 5.10 Å². The van der Waals surface area contributed by atoms with Crippen molar-refractivity contribution in [2.45, 2.75) is 18.9 Å². The van der Waals surface area contributed by atoms with Gasteiger partial charge in [-0.3, -0.25) is 14.4 Å². The molecule has 0 spiro atoms. The van der Waals surface area contributed by atoms with Crippen LogP contribution in [0.15, 0.2) is 30.6 Å². The van der Waals surface area contributed by atoms with Crippen LogP contribution in [0.1, 0.15) is 12.8 Å². The van der Waals surface area contributed by atoms with E-state index in [-0.39, 0.29) is 18.5 Å². The summed E-state index contributed by atoms with van der Waals surface area (Å²) in [6.07, 6.45) is 5.18. The summed E-state index contributed by atoms with van der Waals surface area (Å²) in [6, 6.07) is 3.87. The Labute approximate surface area is 144 Å². The average Bonchev–Trinajstić information content (AvgIpc) is 2.96. The smallest absolute Gasteiger partial charge is 0.238 e. The topological polar surface area (TPSA) is 62.2 Å². The molecule has 134 valence electrons. The molecule has 0 saturated carbocycles. The molecule has 2 heterocycles. The van der Waals surface area contributed by atoms with Gasteiger partial charge in [-0.05, 0) is 31.5 Å². The fourth-order valence-electron chi connectivity index (χ4n) is 3.03. The number of hydrogen-bond acceptors (Lipinski definition) is 4. The maximum Gasteiger partial charge on any atom is 0.238 e. The van der Waals surface area contributed by atoms with Crippen molar-refractivity contribution in [3.8, 4) is 0 Å². The fraction of sp³-hybridized carbons (Fsp3) is 0.412. The number of carbonyl (C=O) groups is 1. The molecule has 2 aromatic rings. The molecule has 6 nitrogen and oxygen atoms in total. The highest BCUT2D eigenvalue weighted by atomic mass is 19.2. The Balaban J connectivity index is 1.52. The van der Waals surface area contributed by atoms with Crippen molar-refractivity contribution in [1.82, 2.24) is 14.7 Å². The summed E-state index contributed by atoms with van der Waals surface area (Å²) >= 11 is 0. The summed E-state index contributed by atoms with van der Waals surface area (Å²) in [5.41, 5.74) is 1.21. The SMILES string of the molecule is Cn1cc(NC(=O)CN2CCC[C@H](Nc3ccc(F)c(F)c3)C2)cn1. The number of aryl methyl sites for hydroxylation is 1. The van der Waals surface area contributed by atoms with E-state index in [0.29, 0.717) is 17.9 Å². The molecule has 3 rings (SSSR count). The van der Waals surface area contributed by atoms with E-state index in [0.717, 1.165) is 31.5 Å². The number of aromatic nitrogens is 2. The van der Waals surface area contributed by atoms with Crippen molar-refractivity contribution in [3.05, 3.63) is 42.2 Å². The predicted octanol–water partition coefficient (Wildman–Crippen LogP) is 2.21. The van der Waals surface area contributed by atoms with Crippen molar-refractivity contribution in [3.63, 3.8) is 0 Å². The monoisotopic (exact) mass is 349 g/mol. The molecule has 2 N–H and O–H groups in total. The second-order valence-corrected chi connectivity index (χ2v) is 6.30. The van der Waals surface area contributed by atoms with Gasteiger partial charge in [0, 0.05) is 37.6 Å². The number of piperidine rings is 1. The minimum atomic E-state index is -0.867. The number of halogens is 2. The zero-order valence-electron chi connectivity index (χ0n) is 14.0. The molecular weight excluding hydrogens is 328 g/mol. The van der Waals surface area contributed by atoms with Gasteiger partial charge in [-0.25, -0.2) is 8.78 Å². The van der Waals surface area contributed by atoms with Gasteiger partial charge in [-0.15, -0.1) is 0 Å². The predicted molar refractivity (Wildman–Crippen MR) is 91.3 cm³/mol. The maximum absolute atomic E-state index is 13.3. The van der Waals surface area contributed by atoms with Crippen LogP contribution in [-0.4, -0.2) is 46.3 Å². The zero-order valence-corrected chi connectivity index (χ0v) is 14.0. The molecule has 1 aliphatic rings. The summed E-state index contributed by atoms with van der Waals surface area (Å²) in [4.78, 5) is 14.2. The van der Waals surface area contributed by atoms with Crippen LogP contribution in [0.2, 0.25) is 0 Å². The molecule has 1 fully saturated rings. The zero-order chi connectivity index (χ0) is 17.8. The first kappa shape index (κ1) is 17.3. The first-order valence-electron chi connectivity index (χ1n) is 8.22. The van der Waals surface area contributed by atoms with E-state index in [1.54, 1.807) is 24.1 Å². The van der Waals surface area contributed by atoms with Crippen molar-refractivity contribution >= 4 is 17.3 Å². The fourth-order valence-corrected chi connectivity index (χ4v) is 3.03. The van der Waals surface area contributed by atoms with E-state index < -0.39 is 11.6 Å². The number of benzene rings is 1. The minimum Gasteiger partial charge on any atom is -0.381 e. The number of carbonyl (C=O) groups excluding carboxylic acids is 1. The highest BCUT2D eigenvalue weighted by molar-refractivity contribution is 5.91. The number of nitrogens with zero attached hydrogens (tertiary/aromatic N) is 3. The van der Waals surface area contributed by atoms with Gasteiger partial charge in [0.1, 0.15) is 0 Å². The molecule has 25 heavy (non-hydrogen) atoms. The number of amides is 1. The van der Waals surface area contributed by atoms with E-state index >= 15 is 0 Å². The lowest BCUT2D eigenvalue weighted by Crippen LogP contribution is -2.45. The van der Waals surface area contributed by atoms with Gasteiger partial charge in [0.05, 0.1) is 18.4 Å². The van der Waals surface area contributed by atoms with Crippen molar-refractivity contribution in [2.75, 3.05) is 30.3 Å². The first-order chi connectivity index (χ1) is 12.0. The van der Waals surface area contributed by atoms with Crippen LogP contribution in [0.4, 0.5) is 20.2 Å². The highest BCUT2D eigenvalue weighted by Gasteiger charge is 2.22. The molecule has 1 amide bonds. The van der Waals surface area contributed by atoms with Gasteiger partial charge >= 0.3 is 0 Å². The number of nitrogens with one attached hydrogen (secondary N) is 2. The Bertz CT molecular complexity index is 748. The summed E-state index contributed by atoms with van der Waals surface area (Å²) in [6.45, 7) is 1.78. The Hall–Kier alpha value is -2.48. The van der Waals surface area contributed by atoms with Gasteiger partial charge in [-0.1, -0.05) is 0 Å². The molecular formula is C17H21F2N5O. The number of rotatable bonds is 5. The van der Waals surface area contributed by atoms with Gasteiger partial charge < -0.3 is 10.6 Å². The van der Waals surface area contributed by atoms with Crippen LogP contribution in [0.25, 0.3) is 0 Å². The third kappa shape index (κ3) is 4.76. The third-order valence-corrected chi connectivity index (χ3v) is 4.15. The van der Waals surface area contributed by atoms with Crippen LogP contribution in [0.5, 0.6) is 0 Å². The molecule has 1 atom stereocenters. The molecule has 1 aromatic heterocycles. The average molecular weight is 349 g/mol. The highest BCUT2D eigenvalue weighted by Crippen LogP contribution is 2.18. The maximum atomic E-state index is 13.3.